The third-order valence-electron chi connectivity index (χ3n) is 5.10. The average molecular weight is 425 g/mol. The lowest BCUT2D eigenvalue weighted by molar-refractivity contribution is -0.123. The molecule has 0 bridgehead atoms. The number of aliphatic hydroxyl groups excluding tert-OH is 1. The highest BCUT2D eigenvalue weighted by Gasteiger charge is 2.28. The summed E-state index contributed by atoms with van der Waals surface area (Å²) in [6.45, 7) is 2.44. The summed E-state index contributed by atoms with van der Waals surface area (Å²) in [6.07, 6.45) is 3.49. The predicted molar refractivity (Wildman–Crippen MR) is 115 cm³/mol. The van der Waals surface area contributed by atoms with Crippen molar-refractivity contribution in [2.45, 2.75) is 25.3 Å². The van der Waals surface area contributed by atoms with Crippen LogP contribution in [0.5, 0.6) is 17.6 Å². The zero-order chi connectivity index (χ0) is 21.5. The van der Waals surface area contributed by atoms with Crippen LogP contribution in [0.15, 0.2) is 52.9 Å². The number of amides is 1. The van der Waals surface area contributed by atoms with Crippen LogP contribution in [-0.2, 0) is 4.79 Å². The van der Waals surface area contributed by atoms with Crippen molar-refractivity contribution in [2.24, 2.45) is 0 Å². The lowest BCUT2D eigenvalue weighted by Gasteiger charge is -2.22. The number of benzene rings is 2. The topological polar surface area (TPSA) is 97.1 Å². The van der Waals surface area contributed by atoms with E-state index < -0.39 is 6.61 Å². The van der Waals surface area contributed by atoms with E-state index in [1.807, 2.05) is 48.5 Å². The van der Waals surface area contributed by atoms with Crippen LogP contribution in [0, 0.1) is 0 Å². The molecule has 2 N–H and O–H groups in total. The molecule has 4 rings (SSSR count). The van der Waals surface area contributed by atoms with Crippen LogP contribution >= 0.6 is 0 Å². The van der Waals surface area contributed by atoms with Gasteiger partial charge in [-0.2, -0.15) is 4.98 Å². The van der Waals surface area contributed by atoms with Gasteiger partial charge in [0.25, 0.3) is 0 Å². The molecule has 0 aliphatic heterocycles. The highest BCUT2D eigenvalue weighted by molar-refractivity contribution is 5.76. The van der Waals surface area contributed by atoms with Crippen molar-refractivity contribution in [1.82, 2.24) is 15.2 Å². The normalized spacial score (nSPS) is 13.5. The summed E-state index contributed by atoms with van der Waals surface area (Å²) in [5, 5.41) is 11.4. The Hall–Kier alpha value is -3.10. The molecule has 1 aliphatic rings. The molecule has 1 heterocycles. The highest BCUT2D eigenvalue weighted by Crippen LogP contribution is 2.28. The number of aliphatic hydroxyl groups is 1. The van der Waals surface area contributed by atoms with Crippen LogP contribution in [-0.4, -0.2) is 59.8 Å². The summed E-state index contributed by atoms with van der Waals surface area (Å²) in [5.74, 6) is 1.07. The van der Waals surface area contributed by atoms with Crippen LogP contribution < -0.4 is 14.8 Å². The van der Waals surface area contributed by atoms with E-state index in [9.17, 15) is 4.79 Å². The third kappa shape index (κ3) is 6.19. The molecule has 2 aromatic carbocycles. The van der Waals surface area contributed by atoms with Crippen molar-refractivity contribution in [3.63, 3.8) is 0 Å². The van der Waals surface area contributed by atoms with Crippen molar-refractivity contribution in [2.75, 3.05) is 32.8 Å². The van der Waals surface area contributed by atoms with E-state index in [1.54, 1.807) is 0 Å². The Morgan fingerprint density at radius 3 is 2.65 bits per heavy atom. The Labute approximate surface area is 180 Å². The lowest BCUT2D eigenvalue weighted by atomic mass is 10.3. The molecule has 1 aliphatic carbocycles. The van der Waals surface area contributed by atoms with Gasteiger partial charge in [-0.3, -0.25) is 9.69 Å². The van der Waals surface area contributed by atoms with Crippen LogP contribution in [0.3, 0.4) is 0 Å². The Morgan fingerprint density at radius 2 is 1.90 bits per heavy atom. The molecule has 1 amide bonds. The van der Waals surface area contributed by atoms with E-state index in [0.29, 0.717) is 30.5 Å². The van der Waals surface area contributed by atoms with E-state index in [4.69, 9.17) is 19.0 Å². The minimum atomic E-state index is -0.460. The number of carbonyl (C=O) groups is 1. The number of ether oxygens (including phenoxy) is 2. The number of nitrogens with one attached hydrogen (secondary N) is 1. The van der Waals surface area contributed by atoms with E-state index in [1.165, 1.54) is 12.8 Å². The second-order valence-electron chi connectivity index (χ2n) is 7.50. The summed E-state index contributed by atoms with van der Waals surface area (Å²) in [4.78, 5) is 17.8. The van der Waals surface area contributed by atoms with Gasteiger partial charge in [0.2, 0.25) is 5.91 Å². The molecule has 0 spiro atoms. The first-order chi connectivity index (χ1) is 15.2. The van der Waals surface area contributed by atoms with Crippen LogP contribution in [0.2, 0.25) is 0 Å². The van der Waals surface area contributed by atoms with Crippen LogP contribution in [0.1, 0.15) is 19.3 Å². The standard InChI is InChI=1S/C23H27N3O5/c27-16-22(28)24-12-3-13-26(17-6-7-17)14-15-29-18-8-10-19(11-9-18)30-23-25-20-4-1-2-5-21(20)31-23/h1-2,4-5,8-11,17,27H,3,6-7,12-16H2,(H,24,28). The molecule has 164 valence electrons. The number of fused-ring (bicyclic) bond motifs is 1. The number of nitrogens with zero attached hydrogens (tertiary/aromatic N) is 2. The molecule has 0 unspecified atom stereocenters. The van der Waals surface area contributed by atoms with Gasteiger partial charge in [0, 0.05) is 25.7 Å². The van der Waals surface area contributed by atoms with Crippen LogP contribution in [0.4, 0.5) is 0 Å². The molecular weight excluding hydrogens is 398 g/mol. The zero-order valence-corrected chi connectivity index (χ0v) is 17.3. The first kappa shape index (κ1) is 21.1. The predicted octanol–water partition coefficient (Wildman–Crippen LogP) is 2.96. The Morgan fingerprint density at radius 1 is 1.13 bits per heavy atom. The third-order valence-corrected chi connectivity index (χ3v) is 5.10. The van der Waals surface area contributed by atoms with Gasteiger partial charge in [0.15, 0.2) is 5.58 Å². The van der Waals surface area contributed by atoms with Crippen molar-refractivity contribution in [1.29, 1.82) is 0 Å². The lowest BCUT2D eigenvalue weighted by Crippen LogP contribution is -2.34. The number of aromatic nitrogens is 1. The number of rotatable bonds is 12. The minimum Gasteiger partial charge on any atom is -0.492 e. The van der Waals surface area contributed by atoms with E-state index >= 15 is 0 Å². The maximum Gasteiger partial charge on any atom is 0.400 e. The fourth-order valence-electron chi connectivity index (χ4n) is 3.36. The van der Waals surface area contributed by atoms with Crippen molar-refractivity contribution in [3.05, 3.63) is 48.5 Å². The quantitative estimate of drug-likeness (QED) is 0.431. The molecule has 8 heteroatoms. The Kier molecular flexibility index (Phi) is 7.01. The van der Waals surface area contributed by atoms with E-state index in [2.05, 4.69) is 15.2 Å². The molecular formula is C23H27N3O5. The van der Waals surface area contributed by atoms with Gasteiger partial charge in [-0.05, 0) is 55.7 Å². The maximum absolute atomic E-state index is 11.1. The number of para-hydroxylation sites is 2. The maximum atomic E-state index is 11.1. The molecule has 0 radical (unpaired) electrons. The Balaban J connectivity index is 1.21. The molecule has 0 atom stereocenters. The Bertz CT molecular complexity index is 951. The summed E-state index contributed by atoms with van der Waals surface area (Å²) >= 11 is 0. The van der Waals surface area contributed by atoms with Gasteiger partial charge in [-0.25, -0.2) is 0 Å². The summed E-state index contributed by atoms with van der Waals surface area (Å²) in [6, 6.07) is 15.5. The second kappa shape index (κ2) is 10.3. The zero-order valence-electron chi connectivity index (χ0n) is 17.3. The summed E-state index contributed by atoms with van der Waals surface area (Å²) in [7, 11) is 0. The number of hydrogen-bond acceptors (Lipinski definition) is 7. The van der Waals surface area contributed by atoms with Crippen LogP contribution in [0.25, 0.3) is 11.1 Å². The SMILES string of the molecule is O=C(CO)NCCCN(CCOc1ccc(Oc2nc3ccccc3o2)cc1)C1CC1. The summed E-state index contributed by atoms with van der Waals surface area (Å²) in [5.41, 5.74) is 1.45. The first-order valence-corrected chi connectivity index (χ1v) is 10.6. The second-order valence-corrected chi connectivity index (χ2v) is 7.50. The fourth-order valence-corrected chi connectivity index (χ4v) is 3.36. The van der Waals surface area contributed by atoms with Crippen molar-refractivity contribution >= 4 is 17.0 Å². The van der Waals surface area contributed by atoms with Gasteiger partial charge in [0.1, 0.15) is 30.2 Å². The number of oxazole rings is 1. The monoisotopic (exact) mass is 425 g/mol. The van der Waals surface area contributed by atoms with Gasteiger partial charge in [0.05, 0.1) is 0 Å². The first-order valence-electron chi connectivity index (χ1n) is 10.6. The summed E-state index contributed by atoms with van der Waals surface area (Å²) < 4.78 is 17.2. The fraction of sp³-hybridized carbons (Fsp3) is 0.391. The average Bonchev–Trinajstić information content (AvgIpc) is 3.55. The minimum absolute atomic E-state index is 0.213. The number of carbonyl (C=O) groups excluding carboxylic acids is 1. The van der Waals surface area contributed by atoms with Gasteiger partial charge >= 0.3 is 6.08 Å². The highest BCUT2D eigenvalue weighted by atomic mass is 16.6. The van der Waals surface area contributed by atoms with E-state index in [-0.39, 0.29) is 12.0 Å². The van der Waals surface area contributed by atoms with Crippen molar-refractivity contribution in [3.8, 4) is 17.6 Å². The van der Waals surface area contributed by atoms with Gasteiger partial charge < -0.3 is 24.3 Å². The van der Waals surface area contributed by atoms with Gasteiger partial charge in [-0.15, -0.1) is 0 Å². The molecule has 8 nitrogen and oxygen atoms in total. The van der Waals surface area contributed by atoms with Crippen molar-refractivity contribution < 1.29 is 23.8 Å². The smallest absolute Gasteiger partial charge is 0.400 e. The largest absolute Gasteiger partial charge is 0.492 e. The molecule has 0 saturated heterocycles. The molecule has 1 fully saturated rings. The molecule has 3 aromatic rings. The molecule has 1 aromatic heterocycles. The molecule has 1 saturated carbocycles. The van der Waals surface area contributed by atoms with Gasteiger partial charge in [-0.1, -0.05) is 12.1 Å². The number of hydrogen-bond donors (Lipinski definition) is 2. The van der Waals surface area contributed by atoms with E-state index in [0.717, 1.165) is 30.8 Å². The molecule has 31 heavy (non-hydrogen) atoms.